The van der Waals surface area contributed by atoms with Crippen molar-refractivity contribution in [2.45, 2.75) is 12.6 Å². The molecule has 0 radical (unpaired) electrons. The summed E-state index contributed by atoms with van der Waals surface area (Å²) in [5, 5.41) is 10.4. The van der Waals surface area contributed by atoms with Crippen LogP contribution >= 0.6 is 0 Å². The van der Waals surface area contributed by atoms with Crippen LogP contribution in [0.3, 0.4) is 0 Å². The number of pyridine rings is 1. The highest BCUT2D eigenvalue weighted by Crippen LogP contribution is 2.42. The van der Waals surface area contributed by atoms with Gasteiger partial charge in [-0.25, -0.2) is 13.8 Å². The van der Waals surface area contributed by atoms with E-state index in [1.165, 1.54) is 0 Å². The Bertz CT molecular complexity index is 460. The van der Waals surface area contributed by atoms with E-state index >= 15 is 0 Å². The van der Waals surface area contributed by atoms with Crippen LogP contribution in [0.1, 0.15) is 17.6 Å². The van der Waals surface area contributed by atoms with Gasteiger partial charge in [-0.3, -0.25) is 10.1 Å². The molecule has 0 spiro atoms. The molecule has 0 aromatic carbocycles. The van der Waals surface area contributed by atoms with Gasteiger partial charge in [-0.1, -0.05) is 0 Å². The molecule has 2 N–H and O–H groups in total. The van der Waals surface area contributed by atoms with E-state index < -0.39 is 40.2 Å². The largest absolute Gasteiger partial charge is 0.424 e. The maximum absolute atomic E-state index is 12.4. The number of halogens is 5. The van der Waals surface area contributed by atoms with E-state index in [1.54, 1.807) is 0 Å². The molecule has 94 valence electrons. The Morgan fingerprint density at radius 3 is 2.29 bits per heavy atom. The lowest BCUT2D eigenvalue weighted by Crippen LogP contribution is -2.14. The molecular formula is C7H4F5N3O2. The van der Waals surface area contributed by atoms with Gasteiger partial charge in [0.1, 0.15) is 11.4 Å². The second kappa shape index (κ2) is 4.11. The molecule has 17 heavy (non-hydrogen) atoms. The van der Waals surface area contributed by atoms with Crippen molar-refractivity contribution in [3.63, 3.8) is 0 Å². The third kappa shape index (κ3) is 2.40. The highest BCUT2D eigenvalue weighted by Gasteiger charge is 2.43. The number of nitrogen functional groups attached to an aromatic ring is 1. The summed E-state index contributed by atoms with van der Waals surface area (Å²) < 4.78 is 61.9. The number of rotatable bonds is 2. The van der Waals surface area contributed by atoms with Crippen molar-refractivity contribution in [3.8, 4) is 0 Å². The van der Waals surface area contributed by atoms with Crippen molar-refractivity contribution < 1.29 is 26.9 Å². The van der Waals surface area contributed by atoms with Gasteiger partial charge in [-0.15, -0.1) is 0 Å². The lowest BCUT2D eigenvalue weighted by atomic mass is 10.1. The number of alkyl halides is 5. The van der Waals surface area contributed by atoms with Crippen LogP contribution in [0.25, 0.3) is 0 Å². The van der Waals surface area contributed by atoms with Gasteiger partial charge in [-0.05, 0) is 0 Å². The number of aromatic nitrogens is 1. The number of nitrogens with two attached hydrogens (primary N) is 1. The molecule has 0 aliphatic carbocycles. The summed E-state index contributed by atoms with van der Waals surface area (Å²) >= 11 is 0. The standard InChI is InChI=1S/C7H4F5N3O2/c8-5(9)3-4(15(16)17)2(7(10,11)12)1-14-6(3)13/h1,5H,(H2,13,14). The van der Waals surface area contributed by atoms with Gasteiger partial charge < -0.3 is 5.73 Å². The third-order valence-electron chi connectivity index (χ3n) is 1.83. The zero-order valence-electron chi connectivity index (χ0n) is 7.83. The first-order valence-electron chi connectivity index (χ1n) is 3.94. The molecule has 10 heteroatoms. The van der Waals surface area contributed by atoms with Gasteiger partial charge in [-0.2, -0.15) is 13.2 Å². The van der Waals surface area contributed by atoms with Crippen LogP contribution in [0.15, 0.2) is 6.20 Å². The second-order valence-corrected chi connectivity index (χ2v) is 2.87. The number of nitro groups is 1. The number of hydrogen-bond donors (Lipinski definition) is 1. The average Bonchev–Trinajstić information content (AvgIpc) is 2.14. The highest BCUT2D eigenvalue weighted by molar-refractivity contribution is 5.58. The fourth-order valence-corrected chi connectivity index (χ4v) is 1.15. The summed E-state index contributed by atoms with van der Waals surface area (Å²) in [5.41, 5.74) is -0.232. The van der Waals surface area contributed by atoms with Crippen LogP contribution in [0, 0.1) is 10.1 Å². The van der Waals surface area contributed by atoms with Crippen molar-refractivity contribution in [3.05, 3.63) is 27.4 Å². The van der Waals surface area contributed by atoms with Crippen LogP contribution in [0.4, 0.5) is 33.5 Å². The van der Waals surface area contributed by atoms with Crippen LogP contribution in [-0.2, 0) is 6.18 Å². The van der Waals surface area contributed by atoms with Crippen LogP contribution < -0.4 is 5.73 Å². The van der Waals surface area contributed by atoms with Crippen molar-refractivity contribution in [1.29, 1.82) is 0 Å². The van der Waals surface area contributed by atoms with E-state index in [-0.39, 0.29) is 6.20 Å². The predicted molar refractivity (Wildman–Crippen MR) is 45.3 cm³/mol. The SMILES string of the molecule is Nc1ncc(C(F)(F)F)c([N+](=O)[O-])c1C(F)F. The lowest BCUT2D eigenvalue weighted by molar-refractivity contribution is -0.389. The Labute approximate surface area is 90.2 Å². The van der Waals surface area contributed by atoms with Crippen LogP contribution in [-0.4, -0.2) is 9.91 Å². The minimum absolute atomic E-state index is 0.0549. The Balaban J connectivity index is 3.66. The zero-order valence-corrected chi connectivity index (χ0v) is 7.83. The van der Waals surface area contributed by atoms with Crippen molar-refractivity contribution in [2.75, 3.05) is 5.73 Å². The molecule has 1 aromatic heterocycles. The fraction of sp³-hybridized carbons (Fsp3) is 0.286. The molecule has 0 unspecified atom stereocenters. The molecule has 0 aliphatic rings. The van der Waals surface area contributed by atoms with Crippen LogP contribution in [0.2, 0.25) is 0 Å². The van der Waals surface area contributed by atoms with Gasteiger partial charge in [0.2, 0.25) is 0 Å². The molecule has 0 saturated carbocycles. The van der Waals surface area contributed by atoms with E-state index in [2.05, 4.69) is 4.98 Å². The third-order valence-corrected chi connectivity index (χ3v) is 1.83. The Morgan fingerprint density at radius 2 is 1.94 bits per heavy atom. The lowest BCUT2D eigenvalue weighted by Gasteiger charge is -2.11. The average molecular weight is 257 g/mol. The van der Waals surface area contributed by atoms with E-state index in [1.807, 2.05) is 0 Å². The molecule has 0 bridgehead atoms. The molecule has 0 fully saturated rings. The monoisotopic (exact) mass is 257 g/mol. The van der Waals surface area contributed by atoms with Crippen molar-refractivity contribution in [2.24, 2.45) is 0 Å². The first-order valence-corrected chi connectivity index (χ1v) is 3.94. The first-order chi connectivity index (χ1) is 7.66. The topological polar surface area (TPSA) is 82.0 Å². The molecule has 5 nitrogen and oxygen atoms in total. The normalized spacial score (nSPS) is 11.9. The van der Waals surface area contributed by atoms with Gasteiger partial charge in [0.25, 0.3) is 12.1 Å². The Morgan fingerprint density at radius 1 is 1.41 bits per heavy atom. The highest BCUT2D eigenvalue weighted by atomic mass is 19.4. The predicted octanol–water partition coefficient (Wildman–Crippen LogP) is 2.53. The molecule has 1 heterocycles. The summed E-state index contributed by atoms with van der Waals surface area (Å²) in [7, 11) is 0. The maximum atomic E-state index is 12.4. The molecule has 0 saturated heterocycles. The van der Waals surface area contributed by atoms with Gasteiger partial charge in [0.05, 0.1) is 4.92 Å². The summed E-state index contributed by atoms with van der Waals surface area (Å²) in [4.78, 5) is 11.8. The summed E-state index contributed by atoms with van der Waals surface area (Å²) in [5.74, 6) is -1.00. The van der Waals surface area contributed by atoms with Crippen molar-refractivity contribution >= 4 is 11.5 Å². The van der Waals surface area contributed by atoms with Crippen molar-refractivity contribution in [1.82, 2.24) is 4.98 Å². The minimum atomic E-state index is -5.16. The summed E-state index contributed by atoms with van der Waals surface area (Å²) in [6.45, 7) is 0. The smallest absolute Gasteiger partial charge is 0.383 e. The van der Waals surface area contributed by atoms with E-state index in [0.717, 1.165) is 0 Å². The van der Waals surface area contributed by atoms with Gasteiger partial charge in [0, 0.05) is 6.20 Å². The maximum Gasteiger partial charge on any atom is 0.424 e. The molecule has 0 aliphatic heterocycles. The second-order valence-electron chi connectivity index (χ2n) is 2.87. The Kier molecular flexibility index (Phi) is 3.16. The summed E-state index contributed by atoms with van der Waals surface area (Å²) in [6.07, 6.45) is -8.63. The van der Waals surface area contributed by atoms with E-state index in [9.17, 15) is 32.1 Å². The quantitative estimate of drug-likeness (QED) is 0.501. The molecule has 1 rings (SSSR count). The molecule has 0 amide bonds. The number of hydrogen-bond acceptors (Lipinski definition) is 4. The Hall–Kier alpha value is -2.00. The zero-order chi connectivity index (χ0) is 13.4. The van der Waals surface area contributed by atoms with Crippen LogP contribution in [0.5, 0.6) is 0 Å². The minimum Gasteiger partial charge on any atom is -0.383 e. The molecular weight excluding hydrogens is 253 g/mol. The van der Waals surface area contributed by atoms with E-state index in [0.29, 0.717) is 0 Å². The van der Waals surface area contributed by atoms with E-state index in [4.69, 9.17) is 5.73 Å². The molecule has 1 aromatic rings. The number of anilines is 1. The number of nitrogens with zero attached hydrogens (tertiary/aromatic N) is 2. The van der Waals surface area contributed by atoms with Gasteiger partial charge in [0.15, 0.2) is 5.56 Å². The van der Waals surface area contributed by atoms with Gasteiger partial charge >= 0.3 is 6.18 Å². The molecule has 0 atom stereocenters. The fourth-order valence-electron chi connectivity index (χ4n) is 1.15. The first kappa shape index (κ1) is 13.1. The summed E-state index contributed by atoms with van der Waals surface area (Å²) in [6, 6.07) is 0.